The van der Waals surface area contributed by atoms with Crippen LogP contribution in [0.2, 0.25) is 5.02 Å². The van der Waals surface area contributed by atoms with Crippen molar-refractivity contribution in [2.75, 3.05) is 25.1 Å². The molecule has 1 atom stereocenters. The fraction of sp³-hybridized carbons (Fsp3) is 0.533. The Morgan fingerprint density at radius 1 is 1.48 bits per heavy atom. The first-order chi connectivity index (χ1) is 10.8. The topological polar surface area (TPSA) is 66.5 Å². The molecule has 23 heavy (non-hydrogen) atoms. The van der Waals surface area contributed by atoms with Gasteiger partial charge in [-0.2, -0.15) is 0 Å². The van der Waals surface area contributed by atoms with Gasteiger partial charge in [0.05, 0.1) is 5.75 Å². The molecule has 1 fully saturated rings. The number of halogens is 2. The largest absolute Gasteiger partial charge is 0.334 e. The number of nitrogens with one attached hydrogen (secondary N) is 1. The van der Waals surface area contributed by atoms with E-state index in [9.17, 15) is 17.6 Å². The summed E-state index contributed by atoms with van der Waals surface area (Å²) in [5, 5.41) is 2.91. The Morgan fingerprint density at radius 3 is 2.87 bits per heavy atom. The van der Waals surface area contributed by atoms with Crippen LogP contribution in [0, 0.1) is 11.7 Å². The zero-order valence-electron chi connectivity index (χ0n) is 12.9. The Balaban J connectivity index is 1.93. The third-order valence-electron chi connectivity index (χ3n) is 3.82. The number of likely N-dealkylation sites (tertiary alicyclic amines) is 1. The highest BCUT2D eigenvalue weighted by Crippen LogP contribution is 2.20. The molecule has 1 heterocycles. The van der Waals surface area contributed by atoms with Crippen molar-refractivity contribution in [2.45, 2.75) is 19.4 Å². The maximum Gasteiger partial charge on any atom is 0.317 e. The van der Waals surface area contributed by atoms with Crippen LogP contribution in [0.3, 0.4) is 0 Å². The third kappa shape index (κ3) is 5.35. The molecule has 0 radical (unpaired) electrons. The highest BCUT2D eigenvalue weighted by molar-refractivity contribution is 7.90. The molecular weight excluding hydrogens is 343 g/mol. The lowest BCUT2D eigenvalue weighted by Crippen LogP contribution is -2.46. The first-order valence-corrected chi connectivity index (χ1v) is 9.83. The summed E-state index contributed by atoms with van der Waals surface area (Å²) in [7, 11) is -3.06. The molecule has 0 aromatic heterocycles. The summed E-state index contributed by atoms with van der Waals surface area (Å²) in [6.07, 6.45) is 2.75. The monoisotopic (exact) mass is 362 g/mol. The molecule has 128 valence electrons. The molecule has 1 aromatic rings. The predicted octanol–water partition coefficient (Wildman–Crippen LogP) is 2.45. The summed E-state index contributed by atoms with van der Waals surface area (Å²) in [5.41, 5.74) is 0.243. The van der Waals surface area contributed by atoms with Gasteiger partial charge in [0, 0.05) is 36.5 Å². The van der Waals surface area contributed by atoms with E-state index in [1.54, 1.807) is 11.0 Å². The van der Waals surface area contributed by atoms with E-state index >= 15 is 0 Å². The Hall–Kier alpha value is -1.34. The lowest BCUT2D eigenvalue weighted by molar-refractivity contribution is 0.170. The summed E-state index contributed by atoms with van der Waals surface area (Å²) < 4.78 is 36.4. The quantitative estimate of drug-likeness (QED) is 0.894. The predicted molar refractivity (Wildman–Crippen MR) is 87.7 cm³/mol. The maximum atomic E-state index is 13.7. The molecule has 1 N–H and O–H groups in total. The van der Waals surface area contributed by atoms with Crippen molar-refractivity contribution >= 4 is 27.5 Å². The van der Waals surface area contributed by atoms with Crippen molar-refractivity contribution in [1.29, 1.82) is 0 Å². The van der Waals surface area contributed by atoms with Crippen molar-refractivity contribution < 1.29 is 17.6 Å². The Labute approximate surface area is 140 Å². The molecule has 1 aliphatic heterocycles. The van der Waals surface area contributed by atoms with Crippen LogP contribution in [0.4, 0.5) is 9.18 Å². The molecule has 1 unspecified atom stereocenters. The number of rotatable bonds is 4. The van der Waals surface area contributed by atoms with Gasteiger partial charge in [-0.15, -0.1) is 0 Å². The second-order valence-corrected chi connectivity index (χ2v) is 8.50. The molecular formula is C15H20ClFN2O3S. The molecule has 5 nitrogen and oxygen atoms in total. The van der Waals surface area contributed by atoms with Gasteiger partial charge in [-0.25, -0.2) is 17.6 Å². The summed E-state index contributed by atoms with van der Waals surface area (Å²) >= 11 is 5.92. The summed E-state index contributed by atoms with van der Waals surface area (Å²) in [5.74, 6) is -0.441. The summed E-state index contributed by atoms with van der Waals surface area (Å²) in [4.78, 5) is 13.8. The number of urea groups is 1. The number of sulfone groups is 1. The van der Waals surface area contributed by atoms with Gasteiger partial charge in [-0.1, -0.05) is 17.7 Å². The van der Waals surface area contributed by atoms with Gasteiger partial charge in [-0.05, 0) is 30.9 Å². The van der Waals surface area contributed by atoms with E-state index in [0.29, 0.717) is 13.1 Å². The molecule has 2 rings (SSSR count). The first kappa shape index (κ1) is 18.0. The average molecular weight is 363 g/mol. The van der Waals surface area contributed by atoms with Gasteiger partial charge in [0.1, 0.15) is 15.7 Å². The van der Waals surface area contributed by atoms with Crippen LogP contribution in [0.15, 0.2) is 18.2 Å². The van der Waals surface area contributed by atoms with Gasteiger partial charge in [0.2, 0.25) is 0 Å². The van der Waals surface area contributed by atoms with E-state index < -0.39 is 15.7 Å². The molecule has 2 amide bonds. The highest BCUT2D eigenvalue weighted by Gasteiger charge is 2.26. The van der Waals surface area contributed by atoms with Gasteiger partial charge < -0.3 is 10.2 Å². The summed E-state index contributed by atoms with van der Waals surface area (Å²) in [6, 6.07) is 4.03. The number of carbonyl (C=O) groups is 1. The van der Waals surface area contributed by atoms with E-state index in [1.807, 2.05) is 0 Å². The van der Waals surface area contributed by atoms with Crippen molar-refractivity contribution in [1.82, 2.24) is 10.2 Å². The number of nitrogens with zero attached hydrogens (tertiary/aromatic N) is 1. The molecule has 1 aliphatic rings. The maximum absolute atomic E-state index is 13.7. The number of benzene rings is 1. The zero-order chi connectivity index (χ0) is 17.0. The molecule has 0 aliphatic carbocycles. The van der Waals surface area contributed by atoms with Crippen LogP contribution in [0.1, 0.15) is 18.4 Å². The minimum Gasteiger partial charge on any atom is -0.334 e. The van der Waals surface area contributed by atoms with Crippen molar-refractivity contribution in [3.63, 3.8) is 0 Å². The van der Waals surface area contributed by atoms with Crippen LogP contribution >= 0.6 is 11.6 Å². The van der Waals surface area contributed by atoms with Crippen LogP contribution in [-0.4, -0.2) is 44.4 Å². The third-order valence-corrected chi connectivity index (χ3v) is 5.25. The SMILES string of the molecule is CS(=O)(=O)CC1CCCN(C(=O)NCc2c(F)cccc2Cl)C1. The lowest BCUT2D eigenvalue weighted by Gasteiger charge is -2.32. The number of hydrogen-bond acceptors (Lipinski definition) is 3. The van der Waals surface area contributed by atoms with Crippen LogP contribution in [0.5, 0.6) is 0 Å². The Kier molecular flexibility index (Phi) is 5.86. The minimum atomic E-state index is -3.06. The lowest BCUT2D eigenvalue weighted by atomic mass is 10.0. The molecule has 1 aromatic carbocycles. The van der Waals surface area contributed by atoms with Crippen molar-refractivity contribution in [3.05, 3.63) is 34.6 Å². The average Bonchev–Trinajstić information content (AvgIpc) is 2.45. The van der Waals surface area contributed by atoms with E-state index in [2.05, 4.69) is 5.32 Å². The highest BCUT2D eigenvalue weighted by atomic mass is 35.5. The van der Waals surface area contributed by atoms with Crippen LogP contribution < -0.4 is 5.32 Å². The summed E-state index contributed by atoms with van der Waals surface area (Å²) in [6.45, 7) is 0.957. The normalized spacial score (nSPS) is 18.7. The van der Waals surface area contributed by atoms with Gasteiger partial charge in [0.15, 0.2) is 0 Å². The first-order valence-electron chi connectivity index (χ1n) is 7.39. The molecule has 0 bridgehead atoms. The Morgan fingerprint density at radius 2 is 2.22 bits per heavy atom. The molecule has 1 saturated heterocycles. The Bertz CT molecular complexity index is 661. The van der Waals surface area contributed by atoms with Crippen molar-refractivity contribution in [2.24, 2.45) is 5.92 Å². The number of hydrogen-bond donors (Lipinski definition) is 1. The van der Waals surface area contributed by atoms with E-state index in [0.717, 1.165) is 12.8 Å². The van der Waals surface area contributed by atoms with Gasteiger partial charge >= 0.3 is 6.03 Å². The van der Waals surface area contributed by atoms with Crippen LogP contribution in [0.25, 0.3) is 0 Å². The van der Waals surface area contributed by atoms with Crippen LogP contribution in [-0.2, 0) is 16.4 Å². The number of piperidine rings is 1. The van der Waals surface area contributed by atoms with E-state index in [-0.39, 0.29) is 34.8 Å². The zero-order valence-corrected chi connectivity index (χ0v) is 14.5. The molecule has 0 spiro atoms. The second-order valence-electron chi connectivity index (χ2n) is 5.91. The second kappa shape index (κ2) is 7.49. The van der Waals surface area contributed by atoms with Crippen molar-refractivity contribution in [3.8, 4) is 0 Å². The van der Waals surface area contributed by atoms with E-state index in [1.165, 1.54) is 18.4 Å². The van der Waals surface area contributed by atoms with E-state index in [4.69, 9.17) is 11.6 Å². The standard InChI is InChI=1S/C15H20ClFN2O3S/c1-23(21,22)10-11-4-3-7-19(9-11)15(20)18-8-12-13(16)5-2-6-14(12)17/h2,5-6,11H,3-4,7-10H2,1H3,(H,18,20). The smallest absolute Gasteiger partial charge is 0.317 e. The minimum absolute atomic E-state index is 0.00240. The number of amides is 2. The van der Waals surface area contributed by atoms with Gasteiger partial charge in [0.25, 0.3) is 0 Å². The fourth-order valence-electron chi connectivity index (χ4n) is 2.79. The number of carbonyl (C=O) groups excluding carboxylic acids is 1. The fourth-order valence-corrected chi connectivity index (χ4v) is 4.15. The molecule has 0 saturated carbocycles. The van der Waals surface area contributed by atoms with Gasteiger partial charge in [-0.3, -0.25) is 0 Å². The molecule has 8 heteroatoms.